The fourth-order valence-electron chi connectivity index (χ4n) is 10.7. The summed E-state index contributed by atoms with van der Waals surface area (Å²) in [6.07, 6.45) is -1.37. The van der Waals surface area contributed by atoms with Crippen LogP contribution in [0.1, 0.15) is 80.1 Å². The Balaban J connectivity index is 1.24. The number of carbonyl (C=O) groups is 4. The van der Waals surface area contributed by atoms with Gasteiger partial charge >= 0.3 is 17.9 Å². The number of rotatable bonds is 4. The van der Waals surface area contributed by atoms with Crippen LogP contribution < -0.4 is 0 Å². The van der Waals surface area contributed by atoms with Crippen LogP contribution in [0, 0.1) is 40.9 Å². The summed E-state index contributed by atoms with van der Waals surface area (Å²) in [5.41, 5.74) is -4.08. The van der Waals surface area contributed by atoms with E-state index in [1.54, 1.807) is 6.92 Å². The Bertz CT molecular complexity index is 1260. The highest BCUT2D eigenvalue weighted by molar-refractivity contribution is 5.92. The second-order valence-corrected chi connectivity index (χ2v) is 15.0. The summed E-state index contributed by atoms with van der Waals surface area (Å²) < 4.78 is 30.2. The van der Waals surface area contributed by atoms with Gasteiger partial charge in [-0.1, -0.05) is 20.8 Å². The SMILES string of the molecule is CC(=O)O[C@@H]([C@@H](C)[C@@H]1[C@H]2[C@]1(C)CC[C@@]13O[C@]2(O)C(=O)[C@@H]1CC[C@H]1C(C)(C)O[C@@H]2CC(=O)O[C@@]21[C@H]3O)[C@@H]1CC(C)C(=O)O1. The minimum absolute atomic E-state index is 0.0117. The predicted octanol–water partition coefficient (Wildman–Crippen LogP) is 1.83. The third-order valence-corrected chi connectivity index (χ3v) is 12.4. The van der Waals surface area contributed by atoms with E-state index < -0.39 is 82.0 Å². The second-order valence-electron chi connectivity index (χ2n) is 15.0. The fraction of sp³-hybridized carbons (Fsp3) is 0.871. The van der Waals surface area contributed by atoms with Crippen molar-refractivity contribution >= 4 is 23.7 Å². The zero-order valence-corrected chi connectivity index (χ0v) is 25.1. The lowest BCUT2D eigenvalue weighted by Crippen LogP contribution is -2.63. The molecule has 5 aliphatic heterocycles. The van der Waals surface area contributed by atoms with Gasteiger partial charge in [0.25, 0.3) is 0 Å². The largest absolute Gasteiger partial charge is 0.458 e. The number of hydrogen-bond acceptors (Lipinski definition) is 11. The molecule has 0 amide bonds. The smallest absolute Gasteiger partial charge is 0.309 e. The summed E-state index contributed by atoms with van der Waals surface area (Å²) in [5.74, 6) is -6.62. The molecule has 42 heavy (non-hydrogen) atoms. The third-order valence-electron chi connectivity index (χ3n) is 12.4. The van der Waals surface area contributed by atoms with Gasteiger partial charge in [-0.05, 0) is 50.9 Å². The number of aliphatic hydroxyl groups excluding tert-OH is 1. The van der Waals surface area contributed by atoms with Crippen LogP contribution in [-0.4, -0.2) is 80.9 Å². The molecule has 7 aliphatic rings. The molecule has 7 fully saturated rings. The molecular weight excluding hydrogens is 548 g/mol. The molecule has 11 heteroatoms. The Morgan fingerprint density at radius 2 is 1.83 bits per heavy atom. The van der Waals surface area contributed by atoms with Crippen molar-refractivity contribution in [2.45, 2.75) is 127 Å². The Morgan fingerprint density at radius 1 is 1.12 bits per heavy atom. The van der Waals surface area contributed by atoms with E-state index in [1.807, 2.05) is 27.7 Å². The maximum absolute atomic E-state index is 14.3. The van der Waals surface area contributed by atoms with Crippen molar-refractivity contribution in [1.82, 2.24) is 0 Å². The summed E-state index contributed by atoms with van der Waals surface area (Å²) in [6, 6.07) is 0. The lowest BCUT2D eigenvalue weighted by molar-refractivity contribution is -0.276. The zero-order valence-electron chi connectivity index (χ0n) is 25.1. The van der Waals surface area contributed by atoms with Crippen LogP contribution in [0.25, 0.3) is 0 Å². The number of hydrogen-bond donors (Lipinski definition) is 2. The summed E-state index contributed by atoms with van der Waals surface area (Å²) in [5, 5.41) is 24.5. The second kappa shape index (κ2) is 8.55. The average molecular weight is 591 g/mol. The van der Waals surface area contributed by atoms with E-state index in [-0.39, 0.29) is 42.5 Å². The van der Waals surface area contributed by atoms with E-state index in [2.05, 4.69) is 0 Å². The standard InChI is InChI=1S/C31H42O11/c1-13-11-17(39-25(13)35)22(38-15(3)32)14(2)21-23-28(21,6)9-10-29-16(24(34)31(23,37)42-29)7-8-18-27(4,5)40-19-12-20(33)41-30(18,19)26(29)36/h13-14,16-19,21-23,26,36-37H,7-12H2,1-6H3/t13?,14-,16-,17-,18-,19+,21+,22-,23-,26-,28+,29+,30+,31-/m0/s1. The first-order valence-corrected chi connectivity index (χ1v) is 15.4. The number of cyclic esters (lactones) is 1. The zero-order chi connectivity index (χ0) is 30.4. The highest BCUT2D eigenvalue weighted by Gasteiger charge is 2.85. The molecule has 14 atom stereocenters. The van der Waals surface area contributed by atoms with Crippen LogP contribution in [-0.2, 0) is 42.9 Å². The molecule has 7 rings (SSSR count). The molecule has 11 nitrogen and oxygen atoms in total. The maximum atomic E-state index is 14.3. The van der Waals surface area contributed by atoms with Gasteiger partial charge in [0.1, 0.15) is 30.0 Å². The number of carbonyl (C=O) groups excluding carboxylic acids is 4. The van der Waals surface area contributed by atoms with Gasteiger partial charge in [0.2, 0.25) is 5.79 Å². The Kier molecular flexibility index (Phi) is 5.84. The van der Waals surface area contributed by atoms with Gasteiger partial charge in [-0.15, -0.1) is 0 Å². The van der Waals surface area contributed by atoms with E-state index in [0.717, 1.165) is 0 Å². The minimum atomic E-state index is -2.17. The van der Waals surface area contributed by atoms with Crippen LogP contribution >= 0.6 is 0 Å². The fourth-order valence-corrected chi connectivity index (χ4v) is 10.7. The molecule has 2 aliphatic carbocycles. The van der Waals surface area contributed by atoms with E-state index >= 15 is 0 Å². The molecule has 0 aromatic rings. The molecule has 5 heterocycles. The maximum Gasteiger partial charge on any atom is 0.309 e. The van der Waals surface area contributed by atoms with E-state index in [0.29, 0.717) is 25.7 Å². The van der Waals surface area contributed by atoms with Crippen molar-refractivity contribution in [1.29, 1.82) is 0 Å². The quantitative estimate of drug-likeness (QED) is 0.364. The van der Waals surface area contributed by atoms with E-state index in [9.17, 15) is 29.4 Å². The third kappa shape index (κ3) is 3.37. The van der Waals surface area contributed by atoms with Crippen molar-refractivity contribution in [3.8, 4) is 0 Å². The molecule has 0 aromatic heterocycles. The summed E-state index contributed by atoms with van der Waals surface area (Å²) in [6.45, 7) is 10.8. The molecule has 2 bridgehead atoms. The molecule has 2 N–H and O–H groups in total. The molecular formula is C31H42O11. The van der Waals surface area contributed by atoms with Crippen molar-refractivity contribution in [2.75, 3.05) is 0 Å². The van der Waals surface area contributed by atoms with E-state index in [1.165, 1.54) is 6.92 Å². The van der Waals surface area contributed by atoms with Gasteiger partial charge in [0.05, 0.1) is 23.9 Å². The van der Waals surface area contributed by atoms with Gasteiger partial charge in [0.15, 0.2) is 11.4 Å². The number of fused-ring (bicyclic) bond motifs is 3. The summed E-state index contributed by atoms with van der Waals surface area (Å²) >= 11 is 0. The van der Waals surface area contributed by atoms with Crippen molar-refractivity contribution in [3.05, 3.63) is 0 Å². The monoisotopic (exact) mass is 590 g/mol. The van der Waals surface area contributed by atoms with Crippen LogP contribution in [0.15, 0.2) is 0 Å². The van der Waals surface area contributed by atoms with Crippen LogP contribution in [0.5, 0.6) is 0 Å². The topological polar surface area (TPSA) is 155 Å². The highest BCUT2D eigenvalue weighted by atomic mass is 16.7. The number of Topliss-reactive ketones (excluding diaryl/α,β-unsaturated/α-hetero) is 1. The van der Waals surface area contributed by atoms with Crippen LogP contribution in [0.2, 0.25) is 0 Å². The van der Waals surface area contributed by atoms with Gasteiger partial charge in [-0.2, -0.15) is 0 Å². The van der Waals surface area contributed by atoms with Gasteiger partial charge in [-0.3, -0.25) is 19.2 Å². The Morgan fingerprint density at radius 3 is 2.48 bits per heavy atom. The number of ether oxygens (including phenoxy) is 5. The van der Waals surface area contributed by atoms with Crippen molar-refractivity contribution in [2.24, 2.45) is 40.9 Å². The summed E-state index contributed by atoms with van der Waals surface area (Å²) in [7, 11) is 0. The predicted molar refractivity (Wildman–Crippen MR) is 141 cm³/mol. The average Bonchev–Trinajstić information content (AvgIpc) is 2.99. The van der Waals surface area contributed by atoms with Crippen LogP contribution in [0.4, 0.5) is 0 Å². The van der Waals surface area contributed by atoms with Crippen LogP contribution in [0.3, 0.4) is 0 Å². The molecule has 0 aromatic carbocycles. The Hall–Kier alpha value is -2.08. The molecule has 232 valence electrons. The van der Waals surface area contributed by atoms with Gasteiger partial charge < -0.3 is 33.9 Å². The molecule has 0 radical (unpaired) electrons. The number of aliphatic hydroxyl groups is 2. The number of ketones is 1. The lowest BCUT2D eigenvalue weighted by Gasteiger charge is -2.45. The van der Waals surface area contributed by atoms with E-state index in [4.69, 9.17) is 23.7 Å². The molecule has 2 saturated carbocycles. The molecule has 2 spiro atoms. The first-order valence-electron chi connectivity index (χ1n) is 15.4. The highest BCUT2D eigenvalue weighted by Crippen LogP contribution is 2.76. The molecule has 5 saturated heterocycles. The van der Waals surface area contributed by atoms with Gasteiger partial charge in [0, 0.05) is 31.1 Å². The Labute approximate surface area is 244 Å². The minimum Gasteiger partial charge on any atom is -0.458 e. The summed E-state index contributed by atoms with van der Waals surface area (Å²) in [4.78, 5) is 51.3. The van der Waals surface area contributed by atoms with Gasteiger partial charge in [-0.25, -0.2) is 0 Å². The first kappa shape index (κ1) is 28.7. The number of esters is 3. The van der Waals surface area contributed by atoms with Crippen molar-refractivity contribution < 1.29 is 53.1 Å². The lowest BCUT2D eigenvalue weighted by atomic mass is 9.67. The molecule has 1 unspecified atom stereocenters. The van der Waals surface area contributed by atoms with Crippen molar-refractivity contribution in [3.63, 3.8) is 0 Å². The first-order chi connectivity index (χ1) is 19.5. The normalized spacial score (nSPS) is 53.0.